The van der Waals surface area contributed by atoms with Gasteiger partial charge in [-0.2, -0.15) is 0 Å². The van der Waals surface area contributed by atoms with E-state index in [0.29, 0.717) is 84.1 Å². The number of ether oxygens (including phenoxy) is 5. The fourth-order valence-corrected chi connectivity index (χ4v) is 15.0. The number of hydrogen-bond donors (Lipinski definition) is 3. The molecule has 5 atom stereocenters. The van der Waals surface area contributed by atoms with E-state index in [2.05, 4.69) is 20.9 Å². The van der Waals surface area contributed by atoms with Gasteiger partial charge in [-0.25, -0.2) is 14.4 Å². The summed E-state index contributed by atoms with van der Waals surface area (Å²) in [4.78, 5) is 134. The zero-order valence-corrected chi connectivity index (χ0v) is 59.1. The van der Waals surface area contributed by atoms with Crippen LogP contribution in [0.4, 0.5) is 21.9 Å². The number of hydrogen-bond acceptors (Lipinski definition) is 18. The molecule has 3 N–H and O–H groups in total. The number of aromatic nitrogens is 3. The number of nitrogens with zero attached hydrogens (tertiary/aromatic N) is 8. The van der Waals surface area contributed by atoms with Gasteiger partial charge in [0.05, 0.1) is 92.5 Å². The van der Waals surface area contributed by atoms with Crippen molar-refractivity contribution in [2.75, 3.05) is 56.9 Å². The molecule has 4 fully saturated rings. The van der Waals surface area contributed by atoms with Crippen LogP contribution in [0.5, 0.6) is 23.0 Å². The van der Waals surface area contributed by atoms with Gasteiger partial charge in [-0.3, -0.25) is 43.3 Å². The molecule has 7 aliphatic rings. The van der Waals surface area contributed by atoms with Crippen LogP contribution in [0.2, 0.25) is 0 Å². The second-order valence-corrected chi connectivity index (χ2v) is 29.0. The first-order chi connectivity index (χ1) is 49.6. The number of aryl methyl sites for hydroxylation is 1. The van der Waals surface area contributed by atoms with Gasteiger partial charge in [0.2, 0.25) is 17.7 Å². The van der Waals surface area contributed by atoms with Crippen molar-refractivity contribution in [1.29, 1.82) is 0 Å². The number of carbonyl (C=O) groups excluding carboxylic acids is 9. The van der Waals surface area contributed by atoms with Crippen molar-refractivity contribution >= 4 is 76.3 Å². The number of methoxy groups -OCH3 is 2. The van der Waals surface area contributed by atoms with E-state index in [1.807, 2.05) is 66.7 Å². The molecule has 6 amide bonds. The van der Waals surface area contributed by atoms with E-state index in [-0.39, 0.29) is 140 Å². The van der Waals surface area contributed by atoms with Crippen LogP contribution in [0, 0.1) is 22.7 Å². The summed E-state index contributed by atoms with van der Waals surface area (Å²) in [5, 5.41) is 26.3. The van der Waals surface area contributed by atoms with Crippen molar-refractivity contribution in [2.45, 2.75) is 155 Å². The minimum Gasteiger partial charge on any atom is -0.493 e. The lowest BCUT2D eigenvalue weighted by Crippen LogP contribution is -2.50. The third kappa shape index (κ3) is 15.3. The summed E-state index contributed by atoms with van der Waals surface area (Å²) in [6.45, 7) is 6.62. The predicted octanol–water partition coefficient (Wildman–Crippen LogP) is 9.62. The molecule has 5 aromatic carbocycles. The molecule has 2 aliphatic carbocycles. The maximum atomic E-state index is 14.5. The van der Waals surface area contributed by atoms with E-state index in [9.17, 15) is 48.3 Å². The van der Waals surface area contributed by atoms with Crippen LogP contribution in [0.1, 0.15) is 148 Å². The number of aliphatic hydroxyl groups excluding tert-OH is 1. The van der Waals surface area contributed by atoms with Gasteiger partial charge in [0.25, 0.3) is 11.8 Å². The van der Waals surface area contributed by atoms with Crippen molar-refractivity contribution in [3.8, 4) is 45.5 Å². The van der Waals surface area contributed by atoms with E-state index in [0.717, 1.165) is 65.9 Å². The highest BCUT2D eigenvalue weighted by atomic mass is 16.6. The fraction of sp³-hybridized carbons (Fsp3) is 0.462. The molecule has 2 saturated carbocycles. The van der Waals surface area contributed by atoms with Crippen LogP contribution in [0.25, 0.3) is 22.5 Å². The lowest BCUT2D eigenvalue weighted by Gasteiger charge is -2.31. The zero-order chi connectivity index (χ0) is 72.4. The number of anilines is 2. The van der Waals surface area contributed by atoms with Gasteiger partial charge in [-0.15, -0.1) is 5.10 Å². The van der Waals surface area contributed by atoms with Crippen molar-refractivity contribution in [3.05, 3.63) is 125 Å². The fourth-order valence-electron chi connectivity index (χ4n) is 15.0. The van der Waals surface area contributed by atoms with Crippen molar-refractivity contribution < 1.29 is 71.9 Å². The molecule has 5 aliphatic heterocycles. The van der Waals surface area contributed by atoms with E-state index >= 15 is 0 Å². The number of fused-ring (bicyclic) bond motifs is 9. The Morgan fingerprint density at radius 1 is 0.680 bits per heavy atom. The summed E-state index contributed by atoms with van der Waals surface area (Å²) < 4.78 is 31.6. The number of nitrogens with one attached hydrogen (secondary N) is 2. The summed E-state index contributed by atoms with van der Waals surface area (Å²) in [5.41, 5.74) is 7.27. The normalized spacial score (nSPS) is 18.9. The summed E-state index contributed by atoms with van der Waals surface area (Å²) in [6.07, 6.45) is 6.31. The number of amides is 6. The van der Waals surface area contributed by atoms with Crippen molar-refractivity contribution in [3.63, 3.8) is 0 Å². The predicted molar refractivity (Wildman–Crippen MR) is 380 cm³/mol. The minimum absolute atomic E-state index is 0.0135. The average molecular weight is 1410 g/mol. The molecule has 0 unspecified atom stereocenters. The number of unbranched alkanes of at least 4 members (excludes halogenated alkanes) is 2. The topological polar surface area (TPSA) is 300 Å². The summed E-state index contributed by atoms with van der Waals surface area (Å²) in [6, 6.07) is 27.0. The first-order valence-electron chi connectivity index (χ1n) is 35.7. The van der Waals surface area contributed by atoms with E-state index < -0.39 is 47.9 Å². The largest absolute Gasteiger partial charge is 0.493 e. The Bertz CT molecular complexity index is 4350. The van der Waals surface area contributed by atoms with Crippen LogP contribution >= 0.6 is 0 Å². The minimum atomic E-state index is -1.46. The maximum Gasteiger partial charge on any atom is 0.416 e. The molecule has 1 aromatic heterocycles. The Morgan fingerprint density at radius 3 is 2.03 bits per heavy atom. The van der Waals surface area contributed by atoms with E-state index in [1.54, 1.807) is 84.8 Å². The molecule has 25 heteroatoms. The van der Waals surface area contributed by atoms with Gasteiger partial charge in [0.1, 0.15) is 18.1 Å². The van der Waals surface area contributed by atoms with Gasteiger partial charge >= 0.3 is 6.09 Å². The van der Waals surface area contributed by atoms with Gasteiger partial charge in [-0.1, -0.05) is 85.8 Å². The number of ketones is 3. The number of aliphatic imine (C=N–C) groups is 1. The number of benzene rings is 5. The van der Waals surface area contributed by atoms with Gasteiger partial charge in [0, 0.05) is 94.1 Å². The smallest absolute Gasteiger partial charge is 0.416 e. The molecule has 6 aromatic rings. The maximum absolute atomic E-state index is 14.5. The highest BCUT2D eigenvalue weighted by molar-refractivity contribution is 6.07. The summed E-state index contributed by atoms with van der Waals surface area (Å²) >= 11 is 0. The van der Waals surface area contributed by atoms with Crippen molar-refractivity contribution in [1.82, 2.24) is 35.4 Å². The first kappa shape index (κ1) is 71.1. The quantitative estimate of drug-likeness (QED) is 0.0385. The van der Waals surface area contributed by atoms with E-state index in [4.69, 9.17) is 28.7 Å². The zero-order valence-electron chi connectivity index (χ0n) is 59.1. The molecular formula is C78H88N10O15. The van der Waals surface area contributed by atoms with Crippen LogP contribution < -0.4 is 39.4 Å². The lowest BCUT2D eigenvalue weighted by molar-refractivity contribution is -0.133. The standard InChI is InChI=1S/C78H88N10O15/c1-46(2)56(33-53(90)41-80-68(92)24-22-52(89)23-25-69(93)85-42-50-14-8-9-15-54(50)71-70(82-83-84(71)4)55-16-10-11-17-60(55)85)72(94)81-47(3)63(91)32-48-18-20-49(21-19-48)43-103-76(98)88-61-37-67(65(100-6)35-58(61)74(96)87-45-78(28-29-78)39-62(87)75(88)97)102-31-13-7-12-30-101-66-36-59-57(34-64(66)99-5)73(95)86-44-77(26-27-77)38-51(86)40-79-59/h8-11,14-21,34-37,40,46-47,51,56,62,75,97H,7,12-13,22-33,38-39,41-45H2,1-6H3,(H,80,92)(H,81,94)/t47-,51-,56-,62-,75+/m0/s1. The highest BCUT2D eigenvalue weighted by Crippen LogP contribution is 2.58. The van der Waals surface area contributed by atoms with Gasteiger partial charge < -0.3 is 54.1 Å². The molecule has 2 spiro atoms. The number of rotatable bonds is 28. The lowest BCUT2D eigenvalue weighted by atomic mass is 9.89. The van der Waals surface area contributed by atoms with Crippen LogP contribution in [-0.2, 0) is 60.1 Å². The van der Waals surface area contributed by atoms with Gasteiger partial charge in [0.15, 0.2) is 40.8 Å². The van der Waals surface area contributed by atoms with Gasteiger partial charge in [-0.05, 0) is 116 Å². The summed E-state index contributed by atoms with van der Waals surface area (Å²) in [5.74, 6) is -2.30. The highest BCUT2D eigenvalue weighted by Gasteiger charge is 2.58. The Kier molecular flexibility index (Phi) is 20.7. The van der Waals surface area contributed by atoms with E-state index in [1.165, 1.54) is 13.2 Å². The Morgan fingerprint density at radius 2 is 1.32 bits per heavy atom. The third-order valence-corrected chi connectivity index (χ3v) is 21.4. The molecule has 13 rings (SSSR count). The van der Waals surface area contributed by atoms with Crippen LogP contribution in [-0.4, -0.2) is 161 Å². The SMILES string of the molecule is COc1cc2c(cc1OCCCCCOc1cc3c(cc1OC)C(=O)N1CC4(CC4)C[C@H]1[C@@H](O)N3C(=O)OCc1ccc(CC(=O)[C@H](C)NC(=O)[C@@H](CC(=O)CNC(=O)CCC(=O)CCC(=O)N3Cc4ccccc4-c4c(nnn4C)-c4ccccc43)C(C)C)cc1)N=C[C@@H]1CC3(CC3)CN1C2=O. The Balaban J connectivity index is 0.556. The Hall–Kier alpha value is -10.3. The number of para-hydroxylation sites is 1. The number of aliphatic hydroxyl groups is 1. The first-order valence-corrected chi connectivity index (χ1v) is 35.7. The average Bonchev–Trinajstić information content (AvgIpc) is 1.59. The summed E-state index contributed by atoms with van der Waals surface area (Å²) in [7, 11) is 4.84. The van der Waals surface area contributed by atoms with Crippen LogP contribution in [0.15, 0.2) is 102 Å². The monoisotopic (exact) mass is 1400 g/mol. The molecular weight excluding hydrogens is 1320 g/mol. The molecule has 0 radical (unpaired) electrons. The molecule has 540 valence electrons. The van der Waals surface area contributed by atoms with Crippen LogP contribution in [0.3, 0.4) is 0 Å². The molecule has 2 saturated heterocycles. The second kappa shape index (κ2) is 30.0. The number of Topliss-reactive ketones (excluding diaryl/α,β-unsaturated/α-hetero) is 3. The number of carbonyl (C=O) groups is 9. The third-order valence-electron chi connectivity index (χ3n) is 21.4. The molecule has 25 nitrogen and oxygen atoms in total. The Labute approximate surface area is 597 Å². The molecule has 6 heterocycles. The second-order valence-electron chi connectivity index (χ2n) is 29.0. The molecule has 103 heavy (non-hydrogen) atoms. The van der Waals surface area contributed by atoms with Crippen molar-refractivity contribution in [2.24, 2.45) is 34.7 Å². The molecule has 0 bridgehead atoms.